The van der Waals surface area contributed by atoms with E-state index < -0.39 is 0 Å². The first-order chi connectivity index (χ1) is 9.17. The van der Waals surface area contributed by atoms with Crippen molar-refractivity contribution in [3.8, 4) is 0 Å². The first-order valence-corrected chi connectivity index (χ1v) is 5.96. The standard InChI is InChI=1S/C12H17N5O2/c1-8-6-12(17-19-8)16-11-7-10(13-4-5-18-3)14-9(2)15-11/h6-7H,4-5H2,1-3H3,(H2,13,14,15,16,17). The van der Waals surface area contributed by atoms with E-state index in [0.29, 0.717) is 30.6 Å². The van der Waals surface area contributed by atoms with Crippen molar-refractivity contribution < 1.29 is 9.26 Å². The molecular formula is C12H17N5O2. The Balaban J connectivity index is 2.07. The topological polar surface area (TPSA) is 85.1 Å². The maximum absolute atomic E-state index is 4.99. The Bertz CT molecular complexity index is 541. The Morgan fingerprint density at radius 1 is 1.16 bits per heavy atom. The maximum Gasteiger partial charge on any atom is 0.175 e. The van der Waals surface area contributed by atoms with Crippen LogP contribution < -0.4 is 10.6 Å². The second-order valence-electron chi connectivity index (χ2n) is 4.05. The van der Waals surface area contributed by atoms with Crippen LogP contribution in [0, 0.1) is 13.8 Å². The van der Waals surface area contributed by atoms with Crippen LogP contribution in [0.4, 0.5) is 17.5 Å². The highest BCUT2D eigenvalue weighted by Gasteiger charge is 2.05. The monoisotopic (exact) mass is 263 g/mol. The molecule has 0 fully saturated rings. The van der Waals surface area contributed by atoms with Gasteiger partial charge in [0.25, 0.3) is 0 Å². The van der Waals surface area contributed by atoms with Crippen LogP contribution in [0.3, 0.4) is 0 Å². The van der Waals surface area contributed by atoms with Gasteiger partial charge >= 0.3 is 0 Å². The van der Waals surface area contributed by atoms with Gasteiger partial charge in [0.15, 0.2) is 5.82 Å². The number of ether oxygens (including phenoxy) is 1. The summed E-state index contributed by atoms with van der Waals surface area (Å²) in [6.07, 6.45) is 0. The number of hydrogen-bond donors (Lipinski definition) is 2. The molecule has 0 aromatic carbocycles. The smallest absolute Gasteiger partial charge is 0.175 e. The Hall–Kier alpha value is -2.15. The fraction of sp³-hybridized carbons (Fsp3) is 0.417. The van der Waals surface area contributed by atoms with E-state index in [1.165, 1.54) is 0 Å². The summed E-state index contributed by atoms with van der Waals surface area (Å²) in [5.74, 6) is 3.45. The number of aromatic nitrogens is 3. The summed E-state index contributed by atoms with van der Waals surface area (Å²) < 4.78 is 9.97. The number of rotatable bonds is 6. The van der Waals surface area contributed by atoms with Gasteiger partial charge in [-0.3, -0.25) is 0 Å². The Morgan fingerprint density at radius 2 is 1.95 bits per heavy atom. The number of hydrogen-bond acceptors (Lipinski definition) is 7. The van der Waals surface area contributed by atoms with Gasteiger partial charge in [-0.05, 0) is 13.8 Å². The summed E-state index contributed by atoms with van der Waals surface area (Å²) >= 11 is 0. The molecule has 0 unspecified atom stereocenters. The van der Waals surface area contributed by atoms with E-state index in [2.05, 4.69) is 25.8 Å². The average molecular weight is 263 g/mol. The zero-order valence-corrected chi connectivity index (χ0v) is 11.2. The number of methoxy groups -OCH3 is 1. The molecule has 0 bridgehead atoms. The van der Waals surface area contributed by atoms with Crippen molar-refractivity contribution in [2.45, 2.75) is 13.8 Å². The Morgan fingerprint density at radius 3 is 2.63 bits per heavy atom. The SMILES string of the molecule is COCCNc1cc(Nc2cc(C)on2)nc(C)n1. The Labute approximate surface area is 111 Å². The molecule has 102 valence electrons. The fourth-order valence-corrected chi connectivity index (χ4v) is 1.56. The summed E-state index contributed by atoms with van der Waals surface area (Å²) in [6, 6.07) is 3.61. The second kappa shape index (κ2) is 6.14. The van der Waals surface area contributed by atoms with Crippen molar-refractivity contribution in [2.24, 2.45) is 0 Å². The van der Waals surface area contributed by atoms with Gasteiger partial charge in [0.2, 0.25) is 0 Å². The summed E-state index contributed by atoms with van der Waals surface area (Å²) in [7, 11) is 1.66. The van der Waals surface area contributed by atoms with Gasteiger partial charge in [0.1, 0.15) is 23.2 Å². The average Bonchev–Trinajstić information content (AvgIpc) is 2.74. The quantitative estimate of drug-likeness (QED) is 0.769. The van der Waals surface area contributed by atoms with E-state index in [1.54, 1.807) is 13.2 Å². The van der Waals surface area contributed by atoms with Crippen LogP contribution in [0.1, 0.15) is 11.6 Å². The molecule has 2 heterocycles. The normalized spacial score (nSPS) is 10.5. The summed E-state index contributed by atoms with van der Waals surface area (Å²) in [5.41, 5.74) is 0. The summed E-state index contributed by atoms with van der Waals surface area (Å²) in [4.78, 5) is 8.58. The lowest BCUT2D eigenvalue weighted by atomic mass is 10.4. The first-order valence-electron chi connectivity index (χ1n) is 5.96. The van der Waals surface area contributed by atoms with Crippen LogP contribution in [0.15, 0.2) is 16.7 Å². The zero-order chi connectivity index (χ0) is 13.7. The molecule has 7 nitrogen and oxygen atoms in total. The molecule has 0 spiro atoms. The van der Waals surface area contributed by atoms with Crippen LogP contribution in [0.2, 0.25) is 0 Å². The predicted octanol–water partition coefficient (Wildman–Crippen LogP) is 1.88. The van der Waals surface area contributed by atoms with Crippen molar-refractivity contribution in [2.75, 3.05) is 30.9 Å². The number of aryl methyl sites for hydroxylation is 2. The molecular weight excluding hydrogens is 246 g/mol. The third-order valence-electron chi connectivity index (χ3n) is 2.33. The first kappa shape index (κ1) is 13.3. The molecule has 19 heavy (non-hydrogen) atoms. The van der Waals surface area contributed by atoms with Crippen molar-refractivity contribution in [3.63, 3.8) is 0 Å². The van der Waals surface area contributed by atoms with Crippen molar-refractivity contribution in [1.82, 2.24) is 15.1 Å². The van der Waals surface area contributed by atoms with Crippen LogP contribution in [-0.4, -0.2) is 35.4 Å². The van der Waals surface area contributed by atoms with Crippen LogP contribution in [0.25, 0.3) is 0 Å². The van der Waals surface area contributed by atoms with E-state index in [9.17, 15) is 0 Å². The molecule has 2 rings (SSSR count). The third kappa shape index (κ3) is 3.92. The van der Waals surface area contributed by atoms with Crippen molar-refractivity contribution >= 4 is 17.5 Å². The van der Waals surface area contributed by atoms with Crippen molar-refractivity contribution in [1.29, 1.82) is 0 Å². The molecule has 0 saturated carbocycles. The molecule has 2 aromatic heterocycles. The molecule has 7 heteroatoms. The van der Waals surface area contributed by atoms with Gasteiger partial charge in [0.05, 0.1) is 6.61 Å². The number of nitrogens with one attached hydrogen (secondary N) is 2. The van der Waals surface area contributed by atoms with Gasteiger partial charge < -0.3 is 19.9 Å². The minimum atomic E-state index is 0.619. The van der Waals surface area contributed by atoms with E-state index >= 15 is 0 Å². The third-order valence-corrected chi connectivity index (χ3v) is 2.33. The van der Waals surface area contributed by atoms with Gasteiger partial charge in [-0.1, -0.05) is 5.16 Å². The van der Waals surface area contributed by atoms with Crippen LogP contribution in [0.5, 0.6) is 0 Å². The maximum atomic E-state index is 4.99. The summed E-state index contributed by atoms with van der Waals surface area (Å²) in [5, 5.41) is 10.1. The second-order valence-corrected chi connectivity index (χ2v) is 4.05. The van der Waals surface area contributed by atoms with Crippen molar-refractivity contribution in [3.05, 3.63) is 23.7 Å². The lowest BCUT2D eigenvalue weighted by Crippen LogP contribution is -2.10. The molecule has 0 amide bonds. The molecule has 0 atom stereocenters. The van der Waals surface area contributed by atoms with E-state index in [0.717, 1.165) is 11.6 Å². The van der Waals surface area contributed by atoms with Gasteiger partial charge in [-0.25, -0.2) is 9.97 Å². The molecule has 0 radical (unpaired) electrons. The van der Waals surface area contributed by atoms with E-state index in [1.807, 2.05) is 19.9 Å². The highest BCUT2D eigenvalue weighted by atomic mass is 16.5. The zero-order valence-electron chi connectivity index (χ0n) is 11.2. The lowest BCUT2D eigenvalue weighted by molar-refractivity contribution is 0.210. The number of nitrogens with zero attached hydrogens (tertiary/aromatic N) is 3. The molecule has 0 aliphatic heterocycles. The molecule has 0 aliphatic carbocycles. The lowest BCUT2D eigenvalue weighted by Gasteiger charge is -2.08. The predicted molar refractivity (Wildman–Crippen MR) is 71.7 cm³/mol. The minimum Gasteiger partial charge on any atom is -0.383 e. The molecule has 0 aliphatic rings. The van der Waals surface area contributed by atoms with Gasteiger partial charge in [0, 0.05) is 25.8 Å². The molecule has 2 aromatic rings. The summed E-state index contributed by atoms with van der Waals surface area (Å²) in [6.45, 7) is 4.98. The Kier molecular flexibility index (Phi) is 4.30. The molecule has 2 N–H and O–H groups in total. The number of anilines is 3. The highest BCUT2D eigenvalue weighted by Crippen LogP contribution is 2.16. The fourth-order valence-electron chi connectivity index (χ4n) is 1.56. The van der Waals surface area contributed by atoms with Gasteiger partial charge in [-0.2, -0.15) is 0 Å². The van der Waals surface area contributed by atoms with E-state index in [-0.39, 0.29) is 0 Å². The largest absolute Gasteiger partial charge is 0.383 e. The van der Waals surface area contributed by atoms with E-state index in [4.69, 9.17) is 9.26 Å². The highest BCUT2D eigenvalue weighted by molar-refractivity contribution is 5.55. The molecule has 0 saturated heterocycles. The van der Waals surface area contributed by atoms with Gasteiger partial charge in [-0.15, -0.1) is 0 Å². The minimum absolute atomic E-state index is 0.619. The van der Waals surface area contributed by atoms with Crippen LogP contribution in [-0.2, 0) is 4.74 Å². The van der Waals surface area contributed by atoms with Crippen LogP contribution >= 0.6 is 0 Å².